The Morgan fingerprint density at radius 3 is 2.32 bits per heavy atom. The van der Waals surface area contributed by atoms with E-state index in [4.69, 9.17) is 0 Å². The van der Waals surface area contributed by atoms with Crippen molar-refractivity contribution in [1.82, 2.24) is 4.90 Å². The van der Waals surface area contributed by atoms with E-state index >= 15 is 0 Å². The molecule has 1 aromatic carbocycles. The highest BCUT2D eigenvalue weighted by Gasteiger charge is 2.21. The largest absolute Gasteiger partial charge is 0.342 e. The van der Waals surface area contributed by atoms with E-state index in [0.29, 0.717) is 12.5 Å². The lowest BCUT2D eigenvalue weighted by Gasteiger charge is -2.27. The number of carbonyl (C=O) groups is 1. The molecule has 1 aliphatic carbocycles. The number of carbonyl (C=O) groups excluding carboxylic acids is 1. The van der Waals surface area contributed by atoms with Gasteiger partial charge in [0.1, 0.15) is 0 Å². The lowest BCUT2D eigenvalue weighted by atomic mass is 10.1. The van der Waals surface area contributed by atoms with Gasteiger partial charge in [0, 0.05) is 17.6 Å². The fourth-order valence-electron chi connectivity index (χ4n) is 2.75. The Morgan fingerprint density at radius 2 is 1.74 bits per heavy atom. The SMILES string of the molecule is CN(C(=O)Cc1ccc(Br)cc1)C1CCCCCC1. The highest BCUT2D eigenvalue weighted by molar-refractivity contribution is 9.10. The molecule has 0 N–H and O–H groups in total. The fourth-order valence-corrected chi connectivity index (χ4v) is 3.01. The summed E-state index contributed by atoms with van der Waals surface area (Å²) in [5.41, 5.74) is 1.09. The molecule has 1 aromatic rings. The normalized spacial score (nSPS) is 16.9. The van der Waals surface area contributed by atoms with Gasteiger partial charge in [-0.2, -0.15) is 0 Å². The summed E-state index contributed by atoms with van der Waals surface area (Å²) in [4.78, 5) is 14.3. The molecule has 104 valence electrons. The molecule has 1 aliphatic rings. The van der Waals surface area contributed by atoms with Crippen LogP contribution in [0, 0.1) is 0 Å². The molecule has 0 heterocycles. The van der Waals surface area contributed by atoms with Gasteiger partial charge in [-0.05, 0) is 30.5 Å². The Hall–Kier alpha value is -0.830. The van der Waals surface area contributed by atoms with Gasteiger partial charge in [-0.1, -0.05) is 53.7 Å². The minimum atomic E-state index is 0.245. The number of halogens is 1. The maximum atomic E-state index is 12.3. The number of nitrogens with zero attached hydrogens (tertiary/aromatic N) is 1. The number of rotatable bonds is 3. The minimum Gasteiger partial charge on any atom is -0.342 e. The lowest BCUT2D eigenvalue weighted by Crippen LogP contribution is -2.37. The molecule has 0 unspecified atom stereocenters. The van der Waals surface area contributed by atoms with Crippen molar-refractivity contribution in [1.29, 1.82) is 0 Å². The van der Waals surface area contributed by atoms with Crippen molar-refractivity contribution in [3.8, 4) is 0 Å². The Kier molecular flexibility index (Phi) is 5.44. The van der Waals surface area contributed by atoms with Crippen LogP contribution in [-0.4, -0.2) is 23.9 Å². The van der Waals surface area contributed by atoms with Gasteiger partial charge in [0.25, 0.3) is 0 Å². The van der Waals surface area contributed by atoms with E-state index in [1.165, 1.54) is 38.5 Å². The zero-order valence-corrected chi connectivity index (χ0v) is 13.2. The number of likely N-dealkylation sites (N-methyl/N-ethyl adjacent to an activating group) is 1. The van der Waals surface area contributed by atoms with Crippen molar-refractivity contribution >= 4 is 21.8 Å². The van der Waals surface area contributed by atoms with Crippen molar-refractivity contribution in [2.24, 2.45) is 0 Å². The summed E-state index contributed by atoms with van der Waals surface area (Å²) in [6.45, 7) is 0. The summed E-state index contributed by atoms with van der Waals surface area (Å²) in [5, 5.41) is 0. The summed E-state index contributed by atoms with van der Waals surface area (Å²) < 4.78 is 1.06. The smallest absolute Gasteiger partial charge is 0.226 e. The first-order valence-electron chi connectivity index (χ1n) is 7.17. The first-order chi connectivity index (χ1) is 9.16. The molecule has 1 fully saturated rings. The van der Waals surface area contributed by atoms with E-state index in [9.17, 15) is 4.79 Å². The highest BCUT2D eigenvalue weighted by Crippen LogP contribution is 2.21. The number of hydrogen-bond acceptors (Lipinski definition) is 1. The van der Waals surface area contributed by atoms with Crippen LogP contribution < -0.4 is 0 Å². The van der Waals surface area contributed by atoms with Gasteiger partial charge in [0.2, 0.25) is 5.91 Å². The van der Waals surface area contributed by atoms with Crippen LogP contribution in [0.15, 0.2) is 28.7 Å². The van der Waals surface area contributed by atoms with Crippen LogP contribution in [0.5, 0.6) is 0 Å². The molecule has 19 heavy (non-hydrogen) atoms. The summed E-state index contributed by atoms with van der Waals surface area (Å²) in [7, 11) is 1.97. The standard InChI is InChI=1S/C16H22BrNO/c1-18(15-6-4-2-3-5-7-15)16(19)12-13-8-10-14(17)11-9-13/h8-11,15H,2-7,12H2,1H3. The van der Waals surface area contributed by atoms with Crippen LogP contribution >= 0.6 is 15.9 Å². The zero-order chi connectivity index (χ0) is 13.7. The van der Waals surface area contributed by atoms with E-state index in [2.05, 4.69) is 15.9 Å². The van der Waals surface area contributed by atoms with Gasteiger partial charge < -0.3 is 4.90 Å². The monoisotopic (exact) mass is 323 g/mol. The zero-order valence-electron chi connectivity index (χ0n) is 11.6. The molecule has 3 heteroatoms. The molecule has 0 atom stereocenters. The number of hydrogen-bond donors (Lipinski definition) is 0. The predicted molar refractivity (Wildman–Crippen MR) is 82.1 cm³/mol. The third-order valence-electron chi connectivity index (χ3n) is 4.03. The Balaban J connectivity index is 1.92. The first-order valence-corrected chi connectivity index (χ1v) is 7.96. The minimum absolute atomic E-state index is 0.245. The second-order valence-corrected chi connectivity index (χ2v) is 6.37. The van der Waals surface area contributed by atoms with Gasteiger partial charge in [-0.15, -0.1) is 0 Å². The molecule has 2 nitrogen and oxygen atoms in total. The summed E-state index contributed by atoms with van der Waals surface area (Å²) in [6, 6.07) is 8.47. The fraction of sp³-hybridized carbons (Fsp3) is 0.562. The van der Waals surface area contributed by atoms with Gasteiger partial charge in [-0.25, -0.2) is 0 Å². The van der Waals surface area contributed by atoms with E-state index in [1.807, 2.05) is 36.2 Å². The van der Waals surface area contributed by atoms with Gasteiger partial charge >= 0.3 is 0 Å². The molecular weight excluding hydrogens is 302 g/mol. The van der Waals surface area contributed by atoms with E-state index in [1.54, 1.807) is 0 Å². The predicted octanol–water partition coefficient (Wildman–Crippen LogP) is 4.17. The quantitative estimate of drug-likeness (QED) is 0.764. The van der Waals surface area contributed by atoms with Gasteiger partial charge in [0.15, 0.2) is 0 Å². The molecule has 0 radical (unpaired) electrons. The van der Waals surface area contributed by atoms with E-state index in [-0.39, 0.29) is 5.91 Å². The Labute approximate surface area is 124 Å². The van der Waals surface area contributed by atoms with Crippen LogP contribution in [0.1, 0.15) is 44.1 Å². The maximum Gasteiger partial charge on any atom is 0.226 e. The Morgan fingerprint density at radius 1 is 1.16 bits per heavy atom. The van der Waals surface area contributed by atoms with Crippen LogP contribution in [0.4, 0.5) is 0 Å². The van der Waals surface area contributed by atoms with Crippen LogP contribution in [0.25, 0.3) is 0 Å². The molecule has 1 saturated carbocycles. The number of benzene rings is 1. The summed E-state index contributed by atoms with van der Waals surface area (Å²) >= 11 is 3.42. The molecular formula is C16H22BrNO. The van der Waals surface area contributed by atoms with Crippen molar-refractivity contribution < 1.29 is 4.79 Å². The summed E-state index contributed by atoms with van der Waals surface area (Å²) in [6.07, 6.45) is 8.03. The number of amides is 1. The van der Waals surface area contributed by atoms with Crippen LogP contribution in [-0.2, 0) is 11.2 Å². The second-order valence-electron chi connectivity index (χ2n) is 5.45. The molecule has 2 rings (SSSR count). The van der Waals surface area contributed by atoms with Crippen molar-refractivity contribution in [2.45, 2.75) is 51.0 Å². The molecule has 0 saturated heterocycles. The van der Waals surface area contributed by atoms with Crippen molar-refractivity contribution in [3.05, 3.63) is 34.3 Å². The van der Waals surface area contributed by atoms with Crippen molar-refractivity contribution in [3.63, 3.8) is 0 Å². The van der Waals surface area contributed by atoms with Gasteiger partial charge in [0.05, 0.1) is 6.42 Å². The Bertz CT molecular complexity index is 407. The average Bonchev–Trinajstić information content (AvgIpc) is 2.69. The van der Waals surface area contributed by atoms with Gasteiger partial charge in [-0.3, -0.25) is 4.79 Å². The van der Waals surface area contributed by atoms with E-state index < -0.39 is 0 Å². The van der Waals surface area contributed by atoms with Crippen LogP contribution in [0.2, 0.25) is 0 Å². The highest BCUT2D eigenvalue weighted by atomic mass is 79.9. The van der Waals surface area contributed by atoms with E-state index in [0.717, 1.165) is 10.0 Å². The lowest BCUT2D eigenvalue weighted by molar-refractivity contribution is -0.131. The molecule has 0 aromatic heterocycles. The third kappa shape index (κ3) is 4.34. The second kappa shape index (κ2) is 7.09. The molecule has 0 aliphatic heterocycles. The van der Waals surface area contributed by atoms with Crippen LogP contribution in [0.3, 0.4) is 0 Å². The third-order valence-corrected chi connectivity index (χ3v) is 4.56. The topological polar surface area (TPSA) is 20.3 Å². The molecule has 0 bridgehead atoms. The summed E-state index contributed by atoms with van der Waals surface area (Å²) in [5.74, 6) is 0.245. The average molecular weight is 324 g/mol. The van der Waals surface area contributed by atoms with Crippen molar-refractivity contribution in [2.75, 3.05) is 7.05 Å². The molecule has 1 amide bonds. The first kappa shape index (κ1) is 14.6. The maximum absolute atomic E-state index is 12.3. The molecule has 0 spiro atoms.